The summed E-state index contributed by atoms with van der Waals surface area (Å²) in [6, 6.07) is 0.178. The summed E-state index contributed by atoms with van der Waals surface area (Å²) in [5.41, 5.74) is 5.15. The highest BCUT2D eigenvalue weighted by Crippen LogP contribution is 2.14. The molecule has 0 unspecified atom stereocenters. The number of aliphatic carboxylic acids is 1. The van der Waals surface area contributed by atoms with E-state index in [1.807, 2.05) is 0 Å². The van der Waals surface area contributed by atoms with Crippen LogP contribution in [0.25, 0.3) is 0 Å². The van der Waals surface area contributed by atoms with Crippen LogP contribution in [0.1, 0.15) is 5.56 Å². The second-order valence-electron chi connectivity index (χ2n) is 3.02. The molecule has 0 radical (unpaired) electrons. The van der Waals surface area contributed by atoms with Crippen molar-refractivity contribution in [3.63, 3.8) is 0 Å². The molecule has 0 saturated carbocycles. The molecule has 90 valence electrons. The molecule has 0 aliphatic rings. The first-order valence-electron chi connectivity index (χ1n) is 4.03. The lowest BCUT2D eigenvalue weighted by Crippen LogP contribution is -2.32. The molecule has 0 spiro atoms. The molecule has 0 heterocycles. The van der Waals surface area contributed by atoms with Crippen molar-refractivity contribution in [3.8, 4) is 0 Å². The smallest absolute Gasteiger partial charge is 0.320 e. The van der Waals surface area contributed by atoms with Crippen molar-refractivity contribution in [3.05, 3.63) is 35.1 Å². The third-order valence-electron chi connectivity index (χ3n) is 1.82. The zero-order valence-electron chi connectivity index (χ0n) is 7.91. The van der Waals surface area contributed by atoms with Crippen LogP contribution < -0.4 is 5.73 Å². The summed E-state index contributed by atoms with van der Waals surface area (Å²) >= 11 is 0. The fourth-order valence-corrected chi connectivity index (χ4v) is 1.07. The summed E-state index contributed by atoms with van der Waals surface area (Å²) in [5, 5.41) is 8.45. The van der Waals surface area contributed by atoms with Crippen LogP contribution in [0.4, 0.5) is 13.2 Å². The minimum atomic E-state index is -1.58. The van der Waals surface area contributed by atoms with Crippen molar-refractivity contribution in [1.29, 1.82) is 0 Å². The molecule has 7 heteroatoms. The number of nitrogens with two attached hydrogens (primary N) is 1. The van der Waals surface area contributed by atoms with Gasteiger partial charge in [-0.05, 0) is 24.1 Å². The van der Waals surface area contributed by atoms with Crippen LogP contribution in [0.15, 0.2) is 12.1 Å². The molecule has 0 bridgehead atoms. The maximum absolute atomic E-state index is 12.7. The molecule has 0 aliphatic heterocycles. The standard InChI is InChI=1S/C9H8F3NO2.ClH/c10-5-1-4(2-6(11)8(5)12)3-7(13)9(14)15;/h1-2,7H,3,13H2,(H,14,15);1H/t7-;/m0./s1. The summed E-state index contributed by atoms with van der Waals surface area (Å²) in [4.78, 5) is 10.4. The zero-order chi connectivity index (χ0) is 11.6. The number of benzene rings is 1. The fraction of sp³-hybridized carbons (Fsp3) is 0.222. The molecule has 0 fully saturated rings. The Bertz CT molecular complexity index is 377. The number of carboxylic acids is 1. The molecule has 1 aromatic carbocycles. The molecule has 0 aromatic heterocycles. The van der Waals surface area contributed by atoms with Gasteiger partial charge in [-0.15, -0.1) is 12.4 Å². The van der Waals surface area contributed by atoms with Gasteiger partial charge in [0.2, 0.25) is 0 Å². The van der Waals surface area contributed by atoms with Crippen molar-refractivity contribution in [1.82, 2.24) is 0 Å². The van der Waals surface area contributed by atoms with Crippen LogP contribution in [0, 0.1) is 17.5 Å². The van der Waals surface area contributed by atoms with E-state index >= 15 is 0 Å². The van der Waals surface area contributed by atoms with E-state index in [4.69, 9.17) is 10.8 Å². The maximum atomic E-state index is 12.7. The largest absolute Gasteiger partial charge is 0.480 e. The number of carbonyl (C=O) groups is 1. The Morgan fingerprint density at radius 1 is 1.31 bits per heavy atom. The van der Waals surface area contributed by atoms with E-state index in [1.54, 1.807) is 0 Å². The monoisotopic (exact) mass is 255 g/mol. The number of carboxylic acid groups (broad SMARTS) is 1. The number of rotatable bonds is 3. The number of hydrogen-bond acceptors (Lipinski definition) is 2. The Labute approximate surface area is 95.5 Å². The lowest BCUT2D eigenvalue weighted by Gasteiger charge is -2.06. The van der Waals surface area contributed by atoms with E-state index < -0.39 is 29.5 Å². The predicted molar refractivity (Wildman–Crippen MR) is 52.9 cm³/mol. The molecule has 0 saturated heterocycles. The minimum absolute atomic E-state index is 0. The minimum Gasteiger partial charge on any atom is -0.480 e. The quantitative estimate of drug-likeness (QED) is 0.804. The molecule has 3 N–H and O–H groups in total. The van der Waals surface area contributed by atoms with Crippen LogP contribution in [0.2, 0.25) is 0 Å². The Kier molecular flexibility index (Phi) is 5.26. The molecule has 3 nitrogen and oxygen atoms in total. The summed E-state index contributed by atoms with van der Waals surface area (Å²) < 4.78 is 37.9. The van der Waals surface area contributed by atoms with Crippen molar-refractivity contribution >= 4 is 18.4 Å². The lowest BCUT2D eigenvalue weighted by molar-refractivity contribution is -0.138. The van der Waals surface area contributed by atoms with Gasteiger partial charge in [0.05, 0.1) is 0 Å². The van der Waals surface area contributed by atoms with Gasteiger partial charge in [-0.3, -0.25) is 4.79 Å². The van der Waals surface area contributed by atoms with Gasteiger partial charge in [-0.1, -0.05) is 0 Å². The average Bonchev–Trinajstić information content (AvgIpc) is 2.13. The predicted octanol–water partition coefficient (Wildman–Crippen LogP) is 1.48. The van der Waals surface area contributed by atoms with Crippen molar-refractivity contribution < 1.29 is 23.1 Å². The molecule has 1 rings (SSSR count). The van der Waals surface area contributed by atoms with E-state index in [0.717, 1.165) is 12.1 Å². The van der Waals surface area contributed by atoms with Crippen LogP contribution in [-0.4, -0.2) is 17.1 Å². The number of halogens is 4. The third-order valence-corrected chi connectivity index (χ3v) is 1.82. The summed E-state index contributed by atoms with van der Waals surface area (Å²) in [6.45, 7) is 0. The van der Waals surface area contributed by atoms with Crippen LogP contribution >= 0.6 is 12.4 Å². The highest BCUT2D eigenvalue weighted by Gasteiger charge is 2.16. The Morgan fingerprint density at radius 3 is 2.12 bits per heavy atom. The second kappa shape index (κ2) is 5.72. The highest BCUT2D eigenvalue weighted by atomic mass is 35.5. The molecule has 1 aromatic rings. The molecular weight excluding hydrogens is 247 g/mol. The van der Waals surface area contributed by atoms with E-state index in [-0.39, 0.29) is 24.4 Å². The average molecular weight is 256 g/mol. The number of hydrogen-bond donors (Lipinski definition) is 2. The Morgan fingerprint density at radius 2 is 1.75 bits per heavy atom. The van der Waals surface area contributed by atoms with Crippen LogP contribution in [0.5, 0.6) is 0 Å². The van der Waals surface area contributed by atoms with E-state index in [2.05, 4.69) is 0 Å². The van der Waals surface area contributed by atoms with Gasteiger partial charge in [0, 0.05) is 0 Å². The first kappa shape index (κ1) is 14.7. The normalized spacial score (nSPS) is 11.8. The first-order chi connectivity index (χ1) is 6.91. The van der Waals surface area contributed by atoms with Crippen molar-refractivity contribution in [2.75, 3.05) is 0 Å². The first-order valence-corrected chi connectivity index (χ1v) is 4.03. The maximum Gasteiger partial charge on any atom is 0.320 e. The molecule has 0 aliphatic carbocycles. The van der Waals surface area contributed by atoms with Gasteiger partial charge in [0.15, 0.2) is 17.5 Å². The molecule has 0 amide bonds. The molecule has 1 atom stereocenters. The van der Waals surface area contributed by atoms with Gasteiger partial charge in [0.25, 0.3) is 0 Å². The van der Waals surface area contributed by atoms with E-state index in [0.29, 0.717) is 0 Å². The topological polar surface area (TPSA) is 63.3 Å². The Balaban J connectivity index is 0.00000225. The third kappa shape index (κ3) is 3.39. The van der Waals surface area contributed by atoms with Gasteiger partial charge < -0.3 is 10.8 Å². The zero-order valence-corrected chi connectivity index (χ0v) is 8.73. The van der Waals surface area contributed by atoms with Gasteiger partial charge >= 0.3 is 5.97 Å². The van der Waals surface area contributed by atoms with E-state index in [1.165, 1.54) is 0 Å². The summed E-state index contributed by atoms with van der Waals surface area (Å²) in [6.07, 6.45) is -0.260. The van der Waals surface area contributed by atoms with Gasteiger partial charge in [-0.25, -0.2) is 13.2 Å². The van der Waals surface area contributed by atoms with Gasteiger partial charge in [0.1, 0.15) is 6.04 Å². The second-order valence-corrected chi connectivity index (χ2v) is 3.02. The fourth-order valence-electron chi connectivity index (χ4n) is 1.07. The van der Waals surface area contributed by atoms with Crippen LogP contribution in [-0.2, 0) is 11.2 Å². The SMILES string of the molecule is Cl.N[C@@H](Cc1cc(F)c(F)c(F)c1)C(=O)O. The van der Waals surface area contributed by atoms with Gasteiger partial charge in [-0.2, -0.15) is 0 Å². The van der Waals surface area contributed by atoms with Crippen molar-refractivity contribution in [2.24, 2.45) is 5.73 Å². The summed E-state index contributed by atoms with van der Waals surface area (Å²) in [7, 11) is 0. The Hall–Kier alpha value is -1.27. The van der Waals surface area contributed by atoms with Crippen molar-refractivity contribution in [2.45, 2.75) is 12.5 Å². The lowest BCUT2D eigenvalue weighted by atomic mass is 10.1. The highest BCUT2D eigenvalue weighted by molar-refractivity contribution is 5.85. The molecule has 16 heavy (non-hydrogen) atoms. The molecular formula is C9H9ClF3NO2. The summed E-state index contributed by atoms with van der Waals surface area (Å²) in [5.74, 6) is -5.59. The van der Waals surface area contributed by atoms with E-state index in [9.17, 15) is 18.0 Å². The van der Waals surface area contributed by atoms with Crippen LogP contribution in [0.3, 0.4) is 0 Å².